The summed E-state index contributed by atoms with van der Waals surface area (Å²) in [5.74, 6) is 1.01. The van der Waals surface area contributed by atoms with Crippen LogP contribution < -0.4 is 5.73 Å². The van der Waals surface area contributed by atoms with Gasteiger partial charge in [0.25, 0.3) is 0 Å². The number of imidazole rings is 1. The molecule has 0 aliphatic carbocycles. The van der Waals surface area contributed by atoms with Crippen molar-refractivity contribution in [3.8, 4) is 0 Å². The first kappa shape index (κ1) is 5.88. The van der Waals surface area contributed by atoms with Gasteiger partial charge in [-0.25, -0.2) is 4.98 Å². The molecule has 1 aromatic rings. The van der Waals surface area contributed by atoms with E-state index in [1.165, 1.54) is 0 Å². The van der Waals surface area contributed by atoms with Gasteiger partial charge >= 0.3 is 0 Å². The molecule has 4 heteroatoms. The molecule has 1 aliphatic heterocycles. The number of nitrogens with two attached hydrogens (primary N) is 1. The highest BCUT2D eigenvalue weighted by molar-refractivity contribution is 4.95. The van der Waals surface area contributed by atoms with E-state index in [0.717, 1.165) is 12.2 Å². The number of fused-ring (bicyclic) bond motifs is 1. The van der Waals surface area contributed by atoms with E-state index >= 15 is 0 Å². The zero-order valence-corrected chi connectivity index (χ0v) is 5.53. The van der Waals surface area contributed by atoms with E-state index in [0.29, 0.717) is 6.61 Å². The molecule has 4 nitrogen and oxygen atoms in total. The van der Waals surface area contributed by atoms with E-state index in [-0.39, 0.29) is 6.35 Å². The number of hydrogen-bond acceptors (Lipinski definition) is 3. The highest BCUT2D eigenvalue weighted by Crippen LogP contribution is 2.11. The average Bonchev–Trinajstić information content (AvgIpc) is 2.36. The second kappa shape index (κ2) is 2.07. The van der Waals surface area contributed by atoms with Gasteiger partial charge < -0.3 is 4.74 Å². The van der Waals surface area contributed by atoms with Crippen LogP contribution in [0.25, 0.3) is 0 Å². The van der Waals surface area contributed by atoms with Gasteiger partial charge in [0.2, 0.25) is 0 Å². The first-order chi connectivity index (χ1) is 4.88. The van der Waals surface area contributed by atoms with Crippen LogP contribution in [-0.2, 0) is 11.2 Å². The maximum atomic E-state index is 5.59. The van der Waals surface area contributed by atoms with Crippen LogP contribution in [0.15, 0.2) is 12.4 Å². The molecule has 0 saturated carbocycles. The molecule has 10 heavy (non-hydrogen) atoms. The van der Waals surface area contributed by atoms with Crippen LogP contribution in [0.4, 0.5) is 0 Å². The summed E-state index contributed by atoms with van der Waals surface area (Å²) in [4.78, 5) is 4.11. The Kier molecular flexibility index (Phi) is 1.22. The second-order valence-corrected chi connectivity index (χ2v) is 2.26. The standard InChI is InChI=1S/C6H9N3O/c7-6-9-3-2-8-5(9)1-4-10-6/h2-3,6H,1,4,7H2. The van der Waals surface area contributed by atoms with Gasteiger partial charge in [0.15, 0.2) is 6.35 Å². The molecular formula is C6H9N3O. The lowest BCUT2D eigenvalue weighted by atomic mass is 10.4. The topological polar surface area (TPSA) is 53.1 Å². The summed E-state index contributed by atoms with van der Waals surface area (Å²) in [6.07, 6.45) is 4.11. The first-order valence-corrected chi connectivity index (χ1v) is 3.27. The number of rotatable bonds is 0. The lowest BCUT2D eigenvalue weighted by Crippen LogP contribution is -2.28. The summed E-state index contributed by atoms with van der Waals surface area (Å²) in [5, 5.41) is 0. The van der Waals surface area contributed by atoms with Crippen LogP contribution in [0.2, 0.25) is 0 Å². The minimum Gasteiger partial charge on any atom is -0.344 e. The maximum Gasteiger partial charge on any atom is 0.188 e. The van der Waals surface area contributed by atoms with Crippen molar-refractivity contribution in [2.24, 2.45) is 5.73 Å². The fourth-order valence-corrected chi connectivity index (χ4v) is 1.12. The molecule has 2 heterocycles. The summed E-state index contributed by atoms with van der Waals surface area (Å²) < 4.78 is 7.00. The SMILES string of the molecule is NC1OCCc2nccn21. The van der Waals surface area contributed by atoms with E-state index < -0.39 is 0 Å². The Labute approximate surface area is 58.6 Å². The minimum absolute atomic E-state index is 0.328. The van der Waals surface area contributed by atoms with Gasteiger partial charge in [-0.05, 0) is 0 Å². The van der Waals surface area contributed by atoms with Crippen LogP contribution >= 0.6 is 0 Å². The van der Waals surface area contributed by atoms with Crippen molar-refractivity contribution in [2.75, 3.05) is 6.61 Å². The zero-order chi connectivity index (χ0) is 6.97. The van der Waals surface area contributed by atoms with Gasteiger partial charge in [-0.15, -0.1) is 0 Å². The Hall–Kier alpha value is -0.870. The van der Waals surface area contributed by atoms with Gasteiger partial charge in [-0.2, -0.15) is 0 Å². The third-order valence-corrected chi connectivity index (χ3v) is 1.64. The molecule has 2 N–H and O–H groups in total. The van der Waals surface area contributed by atoms with Gasteiger partial charge in [0.05, 0.1) is 6.61 Å². The van der Waals surface area contributed by atoms with E-state index in [4.69, 9.17) is 10.5 Å². The number of ether oxygens (including phenoxy) is 1. The van der Waals surface area contributed by atoms with E-state index in [1.54, 1.807) is 6.20 Å². The Bertz CT molecular complexity index is 233. The molecule has 0 spiro atoms. The second-order valence-electron chi connectivity index (χ2n) is 2.26. The fraction of sp³-hybridized carbons (Fsp3) is 0.500. The molecule has 1 aromatic heterocycles. The predicted octanol–water partition coefficient (Wildman–Crippen LogP) is -0.129. The van der Waals surface area contributed by atoms with Gasteiger partial charge in [-0.3, -0.25) is 10.3 Å². The lowest BCUT2D eigenvalue weighted by Gasteiger charge is -2.21. The maximum absolute atomic E-state index is 5.59. The van der Waals surface area contributed by atoms with E-state index in [2.05, 4.69) is 4.98 Å². The van der Waals surface area contributed by atoms with Gasteiger partial charge in [-0.1, -0.05) is 0 Å². The summed E-state index contributed by atoms with van der Waals surface area (Å²) >= 11 is 0. The number of nitrogens with zero attached hydrogens (tertiary/aromatic N) is 2. The minimum atomic E-state index is -0.328. The fourth-order valence-electron chi connectivity index (χ4n) is 1.12. The van der Waals surface area contributed by atoms with Crippen molar-refractivity contribution in [1.29, 1.82) is 0 Å². The van der Waals surface area contributed by atoms with E-state index in [1.807, 2.05) is 10.8 Å². The first-order valence-electron chi connectivity index (χ1n) is 3.27. The predicted molar refractivity (Wildman–Crippen MR) is 35.1 cm³/mol. The van der Waals surface area contributed by atoms with Crippen LogP contribution in [0.5, 0.6) is 0 Å². The van der Waals surface area contributed by atoms with Gasteiger partial charge in [0.1, 0.15) is 5.82 Å². The zero-order valence-electron chi connectivity index (χ0n) is 5.53. The molecule has 0 fully saturated rings. The summed E-state index contributed by atoms with van der Waals surface area (Å²) in [7, 11) is 0. The molecule has 2 rings (SSSR count). The van der Waals surface area contributed by atoms with Crippen molar-refractivity contribution in [1.82, 2.24) is 9.55 Å². The van der Waals surface area contributed by atoms with Crippen molar-refractivity contribution >= 4 is 0 Å². The average molecular weight is 139 g/mol. The normalized spacial score (nSPS) is 24.3. The molecule has 1 unspecified atom stereocenters. The molecule has 0 aromatic carbocycles. The molecule has 1 atom stereocenters. The van der Waals surface area contributed by atoms with Crippen LogP contribution in [-0.4, -0.2) is 16.2 Å². The summed E-state index contributed by atoms with van der Waals surface area (Å²) in [6, 6.07) is 0. The molecule has 0 saturated heterocycles. The van der Waals surface area contributed by atoms with Crippen LogP contribution in [0.3, 0.4) is 0 Å². The van der Waals surface area contributed by atoms with Crippen molar-refractivity contribution in [3.63, 3.8) is 0 Å². The third kappa shape index (κ3) is 0.732. The van der Waals surface area contributed by atoms with Crippen LogP contribution in [0, 0.1) is 0 Å². The summed E-state index contributed by atoms with van der Waals surface area (Å²) in [6.45, 7) is 0.679. The quantitative estimate of drug-likeness (QED) is 0.544. The molecule has 0 bridgehead atoms. The summed E-state index contributed by atoms with van der Waals surface area (Å²) in [5.41, 5.74) is 5.59. The van der Waals surface area contributed by atoms with Crippen molar-refractivity contribution in [2.45, 2.75) is 12.8 Å². The largest absolute Gasteiger partial charge is 0.344 e. The monoisotopic (exact) mass is 139 g/mol. The Balaban J connectivity index is 2.41. The highest BCUT2D eigenvalue weighted by atomic mass is 16.5. The Morgan fingerprint density at radius 1 is 1.80 bits per heavy atom. The Morgan fingerprint density at radius 2 is 2.70 bits per heavy atom. The van der Waals surface area contributed by atoms with Gasteiger partial charge in [0, 0.05) is 18.8 Å². The third-order valence-electron chi connectivity index (χ3n) is 1.64. The van der Waals surface area contributed by atoms with Crippen LogP contribution in [0.1, 0.15) is 12.2 Å². The smallest absolute Gasteiger partial charge is 0.188 e. The van der Waals surface area contributed by atoms with E-state index in [9.17, 15) is 0 Å². The highest BCUT2D eigenvalue weighted by Gasteiger charge is 2.15. The Morgan fingerprint density at radius 3 is 3.50 bits per heavy atom. The number of aromatic nitrogens is 2. The molecule has 0 amide bonds. The lowest BCUT2D eigenvalue weighted by molar-refractivity contribution is -0.0123. The van der Waals surface area contributed by atoms with Crippen molar-refractivity contribution < 1.29 is 4.74 Å². The molecule has 0 radical (unpaired) electrons. The molecule has 54 valence electrons. The van der Waals surface area contributed by atoms with Crippen molar-refractivity contribution in [3.05, 3.63) is 18.2 Å². The number of hydrogen-bond donors (Lipinski definition) is 1. The molecular weight excluding hydrogens is 130 g/mol. The molecule has 1 aliphatic rings.